The zero-order chi connectivity index (χ0) is 8.72. The lowest BCUT2D eigenvalue weighted by molar-refractivity contribution is 0.111. The number of carbonyl (C=O) groups is 1. The summed E-state index contributed by atoms with van der Waals surface area (Å²) >= 11 is 0. The smallest absolute Gasteiger partial charge is 0.414 e. The van der Waals surface area contributed by atoms with Crippen molar-refractivity contribution in [1.82, 2.24) is 4.90 Å². The minimum absolute atomic E-state index is 0.158. The van der Waals surface area contributed by atoms with Crippen molar-refractivity contribution in [2.75, 3.05) is 6.61 Å². The molecule has 0 aromatic rings. The van der Waals surface area contributed by atoms with E-state index < -0.39 is 0 Å². The largest absolute Gasteiger partial charge is 0.449 e. The zero-order valence-electron chi connectivity index (χ0n) is 7.46. The van der Waals surface area contributed by atoms with E-state index in [2.05, 4.69) is 13.8 Å². The number of hydrogen-bond acceptors (Lipinski definition) is 2. The first-order valence-corrected chi connectivity index (χ1v) is 4.41. The quantitative estimate of drug-likeness (QED) is 0.558. The molecule has 3 nitrogen and oxygen atoms in total. The van der Waals surface area contributed by atoms with E-state index in [4.69, 9.17) is 4.74 Å². The van der Waals surface area contributed by atoms with Gasteiger partial charge < -0.3 is 4.74 Å². The van der Waals surface area contributed by atoms with Gasteiger partial charge in [0.1, 0.15) is 0 Å². The highest BCUT2D eigenvalue weighted by Gasteiger charge is 2.49. The summed E-state index contributed by atoms with van der Waals surface area (Å²) in [6.45, 7) is 4.78. The second-order valence-corrected chi connectivity index (χ2v) is 3.31. The molecule has 0 aliphatic carbocycles. The maximum atomic E-state index is 11.1. The molecule has 0 N–H and O–H groups in total. The molecule has 66 valence electrons. The zero-order valence-corrected chi connectivity index (χ0v) is 7.46. The number of cyclic esters (lactones) is 1. The Morgan fingerprint density at radius 1 is 1.75 bits per heavy atom. The average Bonchev–Trinajstić information content (AvgIpc) is 2.79. The van der Waals surface area contributed by atoms with Crippen LogP contribution in [0.15, 0.2) is 11.3 Å². The normalized spacial score (nSPS) is 31.0. The lowest BCUT2D eigenvalue weighted by Crippen LogP contribution is -2.22. The van der Waals surface area contributed by atoms with Gasteiger partial charge in [0.2, 0.25) is 0 Å². The van der Waals surface area contributed by atoms with Gasteiger partial charge in [-0.2, -0.15) is 0 Å². The molecule has 2 aliphatic heterocycles. The summed E-state index contributed by atoms with van der Waals surface area (Å²) in [6.07, 6.45) is 1.84. The van der Waals surface area contributed by atoms with E-state index in [1.807, 2.05) is 0 Å². The van der Waals surface area contributed by atoms with Crippen LogP contribution in [0.4, 0.5) is 4.79 Å². The van der Waals surface area contributed by atoms with Crippen molar-refractivity contribution in [1.29, 1.82) is 0 Å². The molecule has 1 atom stereocenters. The van der Waals surface area contributed by atoms with Crippen LogP contribution in [0.3, 0.4) is 0 Å². The number of amides is 1. The van der Waals surface area contributed by atoms with Crippen LogP contribution in [0, 0.1) is 0 Å². The molecule has 0 saturated carbocycles. The standard InChI is InChI=1S/C9H13NO2/c1-3-6(2)8-7-4-5-12-9(11)10(7)8/h7H,3-5H2,1-2H3/b8-6-. The van der Waals surface area contributed by atoms with Gasteiger partial charge in [-0.25, -0.2) is 4.79 Å². The van der Waals surface area contributed by atoms with E-state index in [1.165, 1.54) is 11.3 Å². The van der Waals surface area contributed by atoms with Crippen LogP contribution in [0.5, 0.6) is 0 Å². The fraction of sp³-hybridized carbons (Fsp3) is 0.667. The van der Waals surface area contributed by atoms with Crippen molar-refractivity contribution in [3.8, 4) is 0 Å². The number of nitrogens with zero attached hydrogens (tertiary/aromatic N) is 1. The molecule has 0 radical (unpaired) electrons. The van der Waals surface area contributed by atoms with Crippen molar-refractivity contribution < 1.29 is 9.53 Å². The van der Waals surface area contributed by atoms with E-state index in [0.29, 0.717) is 12.6 Å². The van der Waals surface area contributed by atoms with Crippen LogP contribution in [-0.4, -0.2) is 23.6 Å². The third kappa shape index (κ3) is 0.924. The molecule has 2 saturated heterocycles. The molecule has 0 bridgehead atoms. The molecule has 3 heteroatoms. The number of allylic oxidation sites excluding steroid dienone is 1. The van der Waals surface area contributed by atoms with E-state index in [0.717, 1.165) is 12.8 Å². The highest BCUT2D eigenvalue weighted by atomic mass is 16.6. The van der Waals surface area contributed by atoms with E-state index in [-0.39, 0.29) is 6.09 Å². The molecule has 1 amide bonds. The van der Waals surface area contributed by atoms with Gasteiger partial charge in [0.25, 0.3) is 0 Å². The second-order valence-electron chi connectivity index (χ2n) is 3.31. The second kappa shape index (κ2) is 2.51. The molecule has 2 fully saturated rings. The molecule has 1 unspecified atom stereocenters. The van der Waals surface area contributed by atoms with Crippen molar-refractivity contribution in [2.24, 2.45) is 0 Å². The summed E-state index contributed by atoms with van der Waals surface area (Å²) < 4.78 is 4.91. The summed E-state index contributed by atoms with van der Waals surface area (Å²) in [6, 6.07) is 0.381. The van der Waals surface area contributed by atoms with Gasteiger partial charge in [-0.05, 0) is 13.3 Å². The van der Waals surface area contributed by atoms with Gasteiger partial charge in [-0.1, -0.05) is 12.5 Å². The average molecular weight is 167 g/mol. The van der Waals surface area contributed by atoms with Gasteiger partial charge in [-0.15, -0.1) is 0 Å². The minimum atomic E-state index is -0.158. The van der Waals surface area contributed by atoms with Crippen molar-refractivity contribution >= 4 is 6.09 Å². The van der Waals surface area contributed by atoms with Crippen LogP contribution in [-0.2, 0) is 4.74 Å². The topological polar surface area (TPSA) is 29.3 Å². The number of carbonyl (C=O) groups excluding carboxylic acids is 1. The molecule has 0 aromatic carbocycles. The molecule has 0 aromatic heterocycles. The fourth-order valence-corrected chi connectivity index (χ4v) is 1.73. The van der Waals surface area contributed by atoms with Crippen molar-refractivity contribution in [2.45, 2.75) is 32.7 Å². The molecule has 2 heterocycles. The number of fused-ring (bicyclic) bond motifs is 1. The number of rotatable bonds is 1. The molecule has 2 aliphatic rings. The number of hydrogen-bond donors (Lipinski definition) is 0. The van der Waals surface area contributed by atoms with E-state index in [9.17, 15) is 4.79 Å². The van der Waals surface area contributed by atoms with Crippen LogP contribution >= 0.6 is 0 Å². The van der Waals surface area contributed by atoms with Gasteiger partial charge in [0.15, 0.2) is 0 Å². The van der Waals surface area contributed by atoms with Gasteiger partial charge in [0, 0.05) is 12.1 Å². The molecular weight excluding hydrogens is 154 g/mol. The molecular formula is C9H13NO2. The number of ether oxygens (including phenoxy) is 1. The summed E-state index contributed by atoms with van der Waals surface area (Å²) in [5, 5.41) is 0. The SMILES string of the molecule is CC/C(C)=C1/C2CCOC(=O)N12. The Morgan fingerprint density at radius 3 is 3.08 bits per heavy atom. The Balaban J connectivity index is 2.20. The van der Waals surface area contributed by atoms with Gasteiger partial charge >= 0.3 is 6.09 Å². The van der Waals surface area contributed by atoms with Gasteiger partial charge in [-0.3, -0.25) is 4.90 Å². The molecule has 12 heavy (non-hydrogen) atoms. The lowest BCUT2D eigenvalue weighted by Gasteiger charge is -2.09. The van der Waals surface area contributed by atoms with Crippen LogP contribution in [0.1, 0.15) is 26.7 Å². The van der Waals surface area contributed by atoms with E-state index >= 15 is 0 Å². The third-order valence-electron chi connectivity index (χ3n) is 2.60. The summed E-state index contributed by atoms with van der Waals surface area (Å²) in [7, 11) is 0. The Bertz CT molecular complexity index is 257. The van der Waals surface area contributed by atoms with Crippen LogP contribution in [0.25, 0.3) is 0 Å². The first-order chi connectivity index (χ1) is 5.75. The Kier molecular flexibility index (Phi) is 1.60. The summed E-state index contributed by atoms with van der Waals surface area (Å²) in [5.74, 6) is 0. The Labute approximate surface area is 72.0 Å². The van der Waals surface area contributed by atoms with Crippen LogP contribution in [0.2, 0.25) is 0 Å². The first kappa shape index (κ1) is 7.65. The van der Waals surface area contributed by atoms with Crippen molar-refractivity contribution in [3.05, 3.63) is 11.3 Å². The summed E-state index contributed by atoms with van der Waals surface area (Å²) in [4.78, 5) is 12.9. The lowest BCUT2D eigenvalue weighted by atomic mass is 10.2. The first-order valence-electron chi connectivity index (χ1n) is 4.41. The Hall–Kier alpha value is -0.990. The van der Waals surface area contributed by atoms with Gasteiger partial charge in [0.05, 0.1) is 12.6 Å². The monoisotopic (exact) mass is 167 g/mol. The maximum absolute atomic E-state index is 11.1. The maximum Gasteiger partial charge on any atom is 0.414 e. The fourth-order valence-electron chi connectivity index (χ4n) is 1.73. The third-order valence-corrected chi connectivity index (χ3v) is 2.60. The summed E-state index contributed by atoms with van der Waals surface area (Å²) in [5.41, 5.74) is 2.53. The predicted octanol–water partition coefficient (Wildman–Crippen LogP) is 1.89. The predicted molar refractivity (Wildman–Crippen MR) is 44.6 cm³/mol. The van der Waals surface area contributed by atoms with Crippen molar-refractivity contribution in [3.63, 3.8) is 0 Å². The minimum Gasteiger partial charge on any atom is -0.449 e. The molecule has 2 rings (SSSR count). The van der Waals surface area contributed by atoms with E-state index in [1.54, 1.807) is 4.90 Å². The highest BCUT2D eigenvalue weighted by Crippen LogP contribution is 2.41. The van der Waals surface area contributed by atoms with Crippen LogP contribution < -0.4 is 0 Å². The Morgan fingerprint density at radius 2 is 2.50 bits per heavy atom. The highest BCUT2D eigenvalue weighted by molar-refractivity contribution is 5.77. The molecule has 0 spiro atoms.